The third-order valence-corrected chi connectivity index (χ3v) is 3.48. The van der Waals surface area contributed by atoms with E-state index in [-0.39, 0.29) is 5.56 Å². The first-order valence-electron chi connectivity index (χ1n) is 5.30. The van der Waals surface area contributed by atoms with E-state index in [0.717, 1.165) is 4.90 Å². The van der Waals surface area contributed by atoms with Crippen LogP contribution in [-0.4, -0.2) is 31.0 Å². The molecule has 18 heavy (non-hydrogen) atoms. The Morgan fingerprint density at radius 3 is 2.56 bits per heavy atom. The molecule has 5 nitrogen and oxygen atoms in total. The summed E-state index contributed by atoms with van der Waals surface area (Å²) >= 11 is 1.33. The molecule has 6 heteroatoms. The number of hydrogen-bond donors (Lipinski definition) is 2. The van der Waals surface area contributed by atoms with Gasteiger partial charge in [0.05, 0.1) is 17.6 Å². The fourth-order valence-corrected chi connectivity index (χ4v) is 1.92. The summed E-state index contributed by atoms with van der Waals surface area (Å²) in [5, 5.41) is 8.89. The normalized spacial score (nSPS) is 11.3. The fraction of sp³-hybridized carbons (Fsp3) is 0.417. The van der Waals surface area contributed by atoms with E-state index < -0.39 is 11.7 Å². The number of rotatable bonds is 6. The maximum atomic E-state index is 10.8. The highest BCUT2D eigenvalue weighted by Gasteiger charge is 2.17. The van der Waals surface area contributed by atoms with Gasteiger partial charge < -0.3 is 14.6 Å². The van der Waals surface area contributed by atoms with E-state index in [9.17, 15) is 4.79 Å². The van der Waals surface area contributed by atoms with Gasteiger partial charge in [0.2, 0.25) is 0 Å². The van der Waals surface area contributed by atoms with Crippen LogP contribution in [0.1, 0.15) is 24.2 Å². The van der Waals surface area contributed by atoms with Crippen LogP contribution in [-0.2, 0) is 4.74 Å². The Morgan fingerprint density at radius 2 is 2.06 bits per heavy atom. The highest BCUT2D eigenvalue weighted by molar-refractivity contribution is 7.97. The molecule has 0 bridgehead atoms. The Kier molecular flexibility index (Phi) is 5.01. The number of aromatic carboxylic acids is 1. The van der Waals surface area contributed by atoms with E-state index in [0.29, 0.717) is 5.75 Å². The first-order chi connectivity index (χ1) is 8.39. The Bertz CT molecular complexity index is 434. The third kappa shape index (κ3) is 3.90. The van der Waals surface area contributed by atoms with Gasteiger partial charge in [0.1, 0.15) is 11.5 Å². The van der Waals surface area contributed by atoms with Gasteiger partial charge in [-0.05, 0) is 44.0 Å². The van der Waals surface area contributed by atoms with E-state index in [1.165, 1.54) is 31.2 Å². The Morgan fingerprint density at radius 1 is 1.39 bits per heavy atom. The molecule has 0 atom stereocenters. The summed E-state index contributed by atoms with van der Waals surface area (Å²) in [4.78, 5) is 11.6. The molecule has 0 saturated carbocycles. The van der Waals surface area contributed by atoms with Gasteiger partial charge in [-0.2, -0.15) is 0 Å². The monoisotopic (exact) mass is 271 g/mol. The summed E-state index contributed by atoms with van der Waals surface area (Å²) in [7, 11) is 3.12. The van der Waals surface area contributed by atoms with Crippen LogP contribution in [0, 0.1) is 0 Å². The lowest BCUT2D eigenvalue weighted by molar-refractivity contribution is 0.0155. The van der Waals surface area contributed by atoms with Crippen LogP contribution in [0.4, 0.5) is 0 Å². The van der Waals surface area contributed by atoms with Gasteiger partial charge in [-0.25, -0.2) is 9.52 Å². The van der Waals surface area contributed by atoms with Gasteiger partial charge in [-0.15, -0.1) is 0 Å². The second-order valence-electron chi connectivity index (χ2n) is 4.09. The lowest BCUT2D eigenvalue weighted by atomic mass is 10.2. The highest BCUT2D eigenvalue weighted by atomic mass is 32.2. The summed E-state index contributed by atoms with van der Waals surface area (Å²) in [5.41, 5.74) is -0.288. The molecule has 0 aliphatic rings. The quantitative estimate of drug-likeness (QED) is 0.611. The van der Waals surface area contributed by atoms with Crippen LogP contribution >= 0.6 is 11.9 Å². The molecule has 0 radical (unpaired) electrons. The maximum Gasteiger partial charge on any atom is 0.335 e. The van der Waals surface area contributed by atoms with Gasteiger partial charge in [0, 0.05) is 7.11 Å². The smallest absolute Gasteiger partial charge is 0.335 e. The number of carboxylic acid groups (broad SMARTS) is 1. The summed E-state index contributed by atoms with van der Waals surface area (Å²) in [6.07, 6.45) is 0. The first kappa shape index (κ1) is 14.8. The van der Waals surface area contributed by atoms with E-state index in [1.807, 2.05) is 13.8 Å². The van der Waals surface area contributed by atoms with Crippen molar-refractivity contribution in [3.05, 3.63) is 23.8 Å². The maximum absolute atomic E-state index is 10.8. The van der Waals surface area contributed by atoms with Crippen molar-refractivity contribution in [3.8, 4) is 5.75 Å². The van der Waals surface area contributed by atoms with Gasteiger partial charge in [0.25, 0.3) is 0 Å². The molecule has 0 unspecified atom stereocenters. The van der Waals surface area contributed by atoms with E-state index in [1.54, 1.807) is 13.2 Å². The molecule has 100 valence electrons. The topological polar surface area (TPSA) is 67.8 Å². The van der Waals surface area contributed by atoms with Crippen LogP contribution in [0.25, 0.3) is 0 Å². The predicted molar refractivity (Wildman–Crippen MR) is 70.0 cm³/mol. The minimum Gasteiger partial charge on any atom is -0.496 e. The number of carboxylic acids is 1. The summed E-state index contributed by atoms with van der Waals surface area (Å²) < 4.78 is 13.5. The Hall–Kier alpha value is -1.24. The zero-order valence-corrected chi connectivity index (χ0v) is 11.6. The average molecular weight is 271 g/mol. The molecule has 0 aromatic heterocycles. The summed E-state index contributed by atoms with van der Waals surface area (Å²) in [6.45, 7) is 3.77. The van der Waals surface area contributed by atoms with Gasteiger partial charge >= 0.3 is 5.97 Å². The van der Waals surface area contributed by atoms with Crippen LogP contribution in [0.2, 0.25) is 0 Å². The zero-order chi connectivity index (χ0) is 13.8. The molecule has 0 fully saturated rings. The molecule has 2 N–H and O–H groups in total. The number of ether oxygens (including phenoxy) is 2. The van der Waals surface area contributed by atoms with Crippen molar-refractivity contribution in [2.24, 2.45) is 0 Å². The zero-order valence-electron chi connectivity index (χ0n) is 10.8. The standard InChI is InChI=1S/C12H17NO4S/c1-12(2,17-4)13-18-10-6-5-8(11(14)15)7-9(10)16-3/h5-7,13H,1-4H3,(H,14,15). The van der Waals surface area contributed by atoms with Crippen molar-refractivity contribution in [2.45, 2.75) is 24.5 Å². The van der Waals surface area contributed by atoms with Crippen molar-refractivity contribution in [1.29, 1.82) is 0 Å². The van der Waals surface area contributed by atoms with Gasteiger partial charge in [-0.1, -0.05) is 0 Å². The molecular weight excluding hydrogens is 254 g/mol. The molecule has 1 aromatic rings. The second kappa shape index (κ2) is 6.08. The SMILES string of the molecule is COc1cc(C(=O)O)ccc1SNC(C)(C)OC. The summed E-state index contributed by atoms with van der Waals surface area (Å²) in [6, 6.07) is 4.73. The minimum absolute atomic E-state index is 0.196. The first-order valence-corrected chi connectivity index (χ1v) is 6.12. The minimum atomic E-state index is -0.977. The van der Waals surface area contributed by atoms with Crippen molar-refractivity contribution in [1.82, 2.24) is 4.72 Å². The van der Waals surface area contributed by atoms with E-state index >= 15 is 0 Å². The number of nitrogens with one attached hydrogen (secondary N) is 1. The number of hydrogen-bond acceptors (Lipinski definition) is 5. The van der Waals surface area contributed by atoms with Crippen molar-refractivity contribution >= 4 is 17.9 Å². The molecule has 0 amide bonds. The highest BCUT2D eigenvalue weighted by Crippen LogP contribution is 2.29. The van der Waals surface area contributed by atoms with Crippen LogP contribution in [0.15, 0.2) is 23.1 Å². The molecule has 1 rings (SSSR count). The largest absolute Gasteiger partial charge is 0.496 e. The lowest BCUT2D eigenvalue weighted by Gasteiger charge is -2.24. The van der Waals surface area contributed by atoms with E-state index in [2.05, 4.69) is 4.72 Å². The molecule has 0 aliphatic heterocycles. The Labute approximate surface area is 111 Å². The van der Waals surface area contributed by atoms with E-state index in [4.69, 9.17) is 14.6 Å². The lowest BCUT2D eigenvalue weighted by Crippen LogP contribution is -2.36. The predicted octanol–water partition coefficient (Wildman–Crippen LogP) is 2.37. The van der Waals surface area contributed by atoms with Gasteiger partial charge in [0.15, 0.2) is 0 Å². The summed E-state index contributed by atoms with van der Waals surface area (Å²) in [5.74, 6) is -0.464. The second-order valence-corrected chi connectivity index (χ2v) is 4.94. The van der Waals surface area contributed by atoms with Crippen LogP contribution in [0.5, 0.6) is 5.75 Å². The Balaban J connectivity index is 2.86. The molecule has 0 aliphatic carbocycles. The molecule has 1 aromatic carbocycles. The molecule has 0 spiro atoms. The van der Waals surface area contributed by atoms with Crippen molar-refractivity contribution < 1.29 is 19.4 Å². The molecule has 0 heterocycles. The fourth-order valence-electron chi connectivity index (χ4n) is 1.10. The average Bonchev–Trinajstić information content (AvgIpc) is 2.36. The molecular formula is C12H17NO4S. The van der Waals surface area contributed by atoms with Crippen molar-refractivity contribution in [2.75, 3.05) is 14.2 Å². The van der Waals surface area contributed by atoms with Crippen LogP contribution in [0.3, 0.4) is 0 Å². The number of benzene rings is 1. The third-order valence-electron chi connectivity index (χ3n) is 2.33. The van der Waals surface area contributed by atoms with Crippen LogP contribution < -0.4 is 9.46 Å². The molecule has 0 saturated heterocycles. The van der Waals surface area contributed by atoms with Crippen molar-refractivity contribution in [3.63, 3.8) is 0 Å². The number of methoxy groups -OCH3 is 2. The van der Waals surface area contributed by atoms with Gasteiger partial charge in [-0.3, -0.25) is 0 Å². The number of carbonyl (C=O) groups is 1.